The normalized spacial score (nSPS) is 9.00. The number of rotatable bonds is 4. The molecular weight excluding hydrogens is 233 g/mol. The number of carbonyl (C=O) groups excluding carboxylic acids is 1. The van der Waals surface area contributed by atoms with E-state index in [2.05, 4.69) is 12.2 Å². The Labute approximate surface area is 101 Å². The fourth-order valence-corrected chi connectivity index (χ4v) is 1.59. The number of carbonyl (C=O) groups is 1. The minimum absolute atomic E-state index is 0.684. The smallest absolute Gasteiger partial charge is 0.106 e. The van der Waals surface area contributed by atoms with E-state index < -0.39 is 0 Å². The maximum Gasteiger partial charge on any atom is 0.106 e. The molecule has 0 aliphatic carbocycles. The number of unbranched alkanes of at least 4 members (excludes halogenated alkanes) is 1. The Kier molecular flexibility index (Phi) is 8.15. The van der Waals surface area contributed by atoms with Crippen LogP contribution in [0.25, 0.3) is 0 Å². The maximum atomic E-state index is 8.00. The number of anilines is 1. The van der Waals surface area contributed by atoms with Gasteiger partial charge in [-0.25, -0.2) is 0 Å². The van der Waals surface area contributed by atoms with Crippen molar-refractivity contribution in [2.45, 2.75) is 19.8 Å². The Morgan fingerprint density at radius 3 is 2.27 bits per heavy atom. The van der Waals surface area contributed by atoms with Crippen LogP contribution in [0.15, 0.2) is 18.2 Å². The third-order valence-electron chi connectivity index (χ3n) is 1.79. The first-order valence-corrected chi connectivity index (χ1v) is 5.48. The fraction of sp³-hybridized carbons (Fsp3) is 0.364. The molecule has 0 aliphatic rings. The minimum atomic E-state index is 0.684. The average Bonchev–Trinajstić information content (AvgIpc) is 2.25. The lowest BCUT2D eigenvalue weighted by atomic mass is 10.3. The lowest BCUT2D eigenvalue weighted by Gasteiger charge is -2.08. The van der Waals surface area contributed by atoms with Gasteiger partial charge in [-0.15, -0.1) is 0 Å². The Morgan fingerprint density at radius 2 is 1.80 bits per heavy atom. The van der Waals surface area contributed by atoms with E-state index in [4.69, 9.17) is 28.0 Å². The van der Waals surface area contributed by atoms with Gasteiger partial charge < -0.3 is 10.1 Å². The largest absolute Gasteiger partial charge is 0.383 e. The molecule has 0 unspecified atom stereocenters. The molecule has 0 amide bonds. The Bertz CT molecular complexity index is 272. The summed E-state index contributed by atoms with van der Waals surface area (Å²) in [6.45, 7) is 5.07. The number of hydrogen-bond donors (Lipinski definition) is 1. The van der Waals surface area contributed by atoms with Gasteiger partial charge in [-0.05, 0) is 18.6 Å². The van der Waals surface area contributed by atoms with E-state index in [1.165, 1.54) is 0 Å². The summed E-state index contributed by atoms with van der Waals surface area (Å²) in [7, 11) is 0. The highest BCUT2D eigenvalue weighted by Gasteiger charge is 2.02. The molecule has 15 heavy (non-hydrogen) atoms. The summed E-state index contributed by atoms with van der Waals surface area (Å²) in [5.74, 6) is 0. The first kappa shape index (κ1) is 14.3. The highest BCUT2D eigenvalue weighted by atomic mass is 35.5. The van der Waals surface area contributed by atoms with E-state index in [0.29, 0.717) is 10.0 Å². The van der Waals surface area contributed by atoms with Gasteiger partial charge in [0.25, 0.3) is 0 Å². The van der Waals surface area contributed by atoms with Crippen molar-refractivity contribution >= 4 is 35.7 Å². The molecule has 1 aromatic rings. The second kappa shape index (κ2) is 8.57. The highest BCUT2D eigenvalue weighted by molar-refractivity contribution is 6.39. The molecular formula is C11H15Cl2NO. The lowest BCUT2D eigenvalue weighted by Crippen LogP contribution is -2.01. The summed E-state index contributed by atoms with van der Waals surface area (Å²) in [4.78, 5) is 8.00. The molecule has 0 aliphatic heterocycles. The van der Waals surface area contributed by atoms with E-state index in [9.17, 15) is 0 Å². The van der Waals surface area contributed by atoms with Gasteiger partial charge in [0, 0.05) is 6.54 Å². The van der Waals surface area contributed by atoms with Gasteiger partial charge in [0.1, 0.15) is 6.79 Å². The number of halogens is 2. The van der Waals surface area contributed by atoms with Crippen LogP contribution < -0.4 is 5.32 Å². The highest BCUT2D eigenvalue weighted by Crippen LogP contribution is 2.29. The second-order valence-corrected chi connectivity index (χ2v) is 3.69. The number of para-hydroxylation sites is 1. The molecule has 4 heteroatoms. The van der Waals surface area contributed by atoms with E-state index >= 15 is 0 Å². The van der Waals surface area contributed by atoms with Crippen LogP contribution in [0.4, 0.5) is 5.69 Å². The molecule has 1 rings (SSSR count). The topological polar surface area (TPSA) is 29.1 Å². The third-order valence-corrected chi connectivity index (χ3v) is 2.42. The van der Waals surface area contributed by atoms with Crippen molar-refractivity contribution in [3.8, 4) is 0 Å². The van der Waals surface area contributed by atoms with E-state index in [1.54, 1.807) is 0 Å². The molecule has 1 aromatic carbocycles. The molecule has 0 spiro atoms. The number of hydrogen-bond acceptors (Lipinski definition) is 2. The quantitative estimate of drug-likeness (QED) is 0.815. The van der Waals surface area contributed by atoms with Crippen molar-refractivity contribution < 1.29 is 4.79 Å². The molecule has 84 valence electrons. The molecule has 0 fully saturated rings. The second-order valence-electron chi connectivity index (χ2n) is 2.88. The Balaban J connectivity index is 0.000000921. The van der Waals surface area contributed by atoms with Gasteiger partial charge in [0.05, 0.1) is 15.7 Å². The van der Waals surface area contributed by atoms with Crippen LogP contribution in [-0.4, -0.2) is 13.3 Å². The predicted molar refractivity (Wildman–Crippen MR) is 67.0 cm³/mol. The molecule has 0 radical (unpaired) electrons. The lowest BCUT2D eigenvalue weighted by molar-refractivity contribution is -0.0979. The van der Waals surface area contributed by atoms with E-state index in [1.807, 2.05) is 25.0 Å². The molecule has 0 atom stereocenters. The van der Waals surface area contributed by atoms with Crippen molar-refractivity contribution in [1.82, 2.24) is 0 Å². The summed E-state index contributed by atoms with van der Waals surface area (Å²) >= 11 is 11.9. The Morgan fingerprint density at radius 1 is 1.27 bits per heavy atom. The zero-order valence-electron chi connectivity index (χ0n) is 8.72. The summed E-state index contributed by atoms with van der Waals surface area (Å²) in [6, 6.07) is 5.51. The molecule has 1 N–H and O–H groups in total. The first-order valence-electron chi connectivity index (χ1n) is 4.72. The van der Waals surface area contributed by atoms with Crippen molar-refractivity contribution in [1.29, 1.82) is 0 Å². The zero-order valence-corrected chi connectivity index (χ0v) is 10.2. The molecule has 0 bridgehead atoms. The van der Waals surface area contributed by atoms with E-state index in [-0.39, 0.29) is 0 Å². The van der Waals surface area contributed by atoms with Gasteiger partial charge in [0.15, 0.2) is 0 Å². The molecule has 2 nitrogen and oxygen atoms in total. The van der Waals surface area contributed by atoms with Crippen molar-refractivity contribution in [3.05, 3.63) is 28.2 Å². The zero-order chi connectivity index (χ0) is 11.7. The van der Waals surface area contributed by atoms with Crippen LogP contribution in [-0.2, 0) is 4.79 Å². The van der Waals surface area contributed by atoms with Gasteiger partial charge in [0.2, 0.25) is 0 Å². The summed E-state index contributed by atoms with van der Waals surface area (Å²) in [5.41, 5.74) is 0.847. The maximum absolute atomic E-state index is 8.00. The molecule has 0 heterocycles. The van der Waals surface area contributed by atoms with Crippen LogP contribution in [0, 0.1) is 0 Å². The number of benzene rings is 1. The van der Waals surface area contributed by atoms with Crippen molar-refractivity contribution in [2.75, 3.05) is 11.9 Å². The summed E-state index contributed by atoms with van der Waals surface area (Å²) in [5, 5.41) is 4.59. The minimum Gasteiger partial charge on any atom is -0.383 e. The van der Waals surface area contributed by atoms with Gasteiger partial charge in [-0.2, -0.15) is 0 Å². The fourth-order valence-electron chi connectivity index (χ4n) is 1.06. The summed E-state index contributed by atoms with van der Waals surface area (Å²) < 4.78 is 0. The number of nitrogens with one attached hydrogen (secondary N) is 1. The third kappa shape index (κ3) is 5.05. The van der Waals surface area contributed by atoms with Crippen molar-refractivity contribution in [3.63, 3.8) is 0 Å². The van der Waals surface area contributed by atoms with Crippen LogP contribution in [0.5, 0.6) is 0 Å². The van der Waals surface area contributed by atoms with Crippen LogP contribution in [0.2, 0.25) is 10.0 Å². The van der Waals surface area contributed by atoms with Crippen LogP contribution in [0.3, 0.4) is 0 Å². The monoisotopic (exact) mass is 247 g/mol. The average molecular weight is 248 g/mol. The molecule has 0 saturated carbocycles. The van der Waals surface area contributed by atoms with Gasteiger partial charge in [-0.3, -0.25) is 0 Å². The Hall–Kier alpha value is -0.730. The van der Waals surface area contributed by atoms with E-state index in [0.717, 1.165) is 25.1 Å². The van der Waals surface area contributed by atoms with Crippen LogP contribution >= 0.6 is 23.2 Å². The van der Waals surface area contributed by atoms with Crippen molar-refractivity contribution in [2.24, 2.45) is 0 Å². The standard InChI is InChI=1S/C10H13Cl2N.CH2O/c1-2-3-7-13-10-8(11)5-4-6-9(10)12;1-2/h4-6,13H,2-3,7H2,1H3;1H2. The van der Waals surface area contributed by atoms with Gasteiger partial charge in [-0.1, -0.05) is 42.6 Å². The summed E-state index contributed by atoms with van der Waals surface area (Å²) in [6.07, 6.45) is 2.29. The first-order chi connectivity index (χ1) is 7.25. The van der Waals surface area contributed by atoms with Crippen LogP contribution in [0.1, 0.15) is 19.8 Å². The molecule has 0 aromatic heterocycles. The van der Waals surface area contributed by atoms with Gasteiger partial charge >= 0.3 is 0 Å². The SMILES string of the molecule is C=O.CCCCNc1c(Cl)cccc1Cl. The molecule has 0 saturated heterocycles. The predicted octanol–water partition coefficient (Wildman–Crippen LogP) is 4.02.